The summed E-state index contributed by atoms with van der Waals surface area (Å²) in [6, 6.07) is 6.71. The molecule has 0 radical (unpaired) electrons. The van der Waals surface area contributed by atoms with Gasteiger partial charge in [-0.2, -0.15) is 0 Å². The van der Waals surface area contributed by atoms with Crippen molar-refractivity contribution in [3.63, 3.8) is 0 Å². The van der Waals surface area contributed by atoms with Gasteiger partial charge in [0.2, 0.25) is 11.8 Å². The summed E-state index contributed by atoms with van der Waals surface area (Å²) in [5.74, 6) is 0.299. The van der Waals surface area contributed by atoms with E-state index in [0.29, 0.717) is 37.7 Å². The van der Waals surface area contributed by atoms with E-state index in [9.17, 15) is 9.59 Å². The van der Waals surface area contributed by atoms with Crippen LogP contribution in [0.15, 0.2) is 24.3 Å². The molecule has 126 valence electrons. The Bertz CT molecular complexity index is 544. The number of methoxy groups -OCH3 is 1. The summed E-state index contributed by atoms with van der Waals surface area (Å²) in [4.78, 5) is 26.1. The number of hydrogen-bond donors (Lipinski definition) is 2. The zero-order valence-corrected chi connectivity index (χ0v) is 13.5. The van der Waals surface area contributed by atoms with Crippen LogP contribution in [0.5, 0.6) is 5.75 Å². The lowest BCUT2D eigenvalue weighted by molar-refractivity contribution is -0.138. The number of rotatable bonds is 6. The number of likely N-dealkylation sites (N-methyl/N-ethyl adjacent to an activating group) is 1. The number of carbonyl (C=O) groups is 2. The van der Waals surface area contributed by atoms with Crippen LogP contribution in [0.2, 0.25) is 0 Å². The second-order valence-corrected chi connectivity index (χ2v) is 5.21. The van der Waals surface area contributed by atoms with Gasteiger partial charge in [0.1, 0.15) is 11.8 Å². The number of nitrogens with one attached hydrogen (secondary N) is 2. The molecule has 1 heterocycles. The van der Waals surface area contributed by atoms with Crippen molar-refractivity contribution in [3.05, 3.63) is 24.3 Å². The average Bonchev–Trinajstić information content (AvgIpc) is 2.60. The largest absolute Gasteiger partial charge is 0.497 e. The van der Waals surface area contributed by atoms with Crippen LogP contribution in [-0.4, -0.2) is 62.7 Å². The Balaban J connectivity index is 1.92. The maximum atomic E-state index is 12.4. The zero-order chi connectivity index (χ0) is 16.7. The number of ether oxygens (including phenoxy) is 2. The Kier molecular flexibility index (Phi) is 6.37. The fourth-order valence-electron chi connectivity index (χ4n) is 2.36. The van der Waals surface area contributed by atoms with Gasteiger partial charge in [0.25, 0.3) is 0 Å². The highest BCUT2D eigenvalue weighted by Gasteiger charge is 2.26. The van der Waals surface area contributed by atoms with Crippen molar-refractivity contribution in [2.75, 3.05) is 45.3 Å². The maximum Gasteiger partial charge on any atom is 0.243 e. The Morgan fingerprint density at radius 3 is 2.96 bits per heavy atom. The highest BCUT2D eigenvalue weighted by molar-refractivity contribution is 5.95. The number of nitrogens with zero attached hydrogens (tertiary/aromatic N) is 1. The third-order valence-corrected chi connectivity index (χ3v) is 3.60. The highest BCUT2D eigenvalue weighted by atomic mass is 16.5. The molecule has 7 heteroatoms. The number of morpholine rings is 1. The summed E-state index contributed by atoms with van der Waals surface area (Å²) in [5, 5.41) is 5.88. The molecule has 0 aliphatic carbocycles. The van der Waals surface area contributed by atoms with Gasteiger partial charge in [-0.25, -0.2) is 0 Å². The number of benzene rings is 1. The zero-order valence-electron chi connectivity index (χ0n) is 13.5. The van der Waals surface area contributed by atoms with Crippen molar-refractivity contribution in [3.8, 4) is 5.75 Å². The molecule has 1 aliphatic rings. The fraction of sp³-hybridized carbons (Fsp3) is 0.500. The monoisotopic (exact) mass is 321 g/mol. The van der Waals surface area contributed by atoms with Gasteiger partial charge in [0.15, 0.2) is 0 Å². The summed E-state index contributed by atoms with van der Waals surface area (Å²) < 4.78 is 10.4. The van der Waals surface area contributed by atoms with Gasteiger partial charge in [-0.1, -0.05) is 6.07 Å². The number of amides is 2. The third-order valence-electron chi connectivity index (χ3n) is 3.60. The van der Waals surface area contributed by atoms with E-state index in [1.807, 2.05) is 6.92 Å². The molecule has 0 aromatic heterocycles. The molecule has 0 bridgehead atoms. The third kappa shape index (κ3) is 4.94. The Labute approximate surface area is 135 Å². The van der Waals surface area contributed by atoms with Gasteiger partial charge in [0, 0.05) is 24.8 Å². The molecule has 1 aromatic carbocycles. The van der Waals surface area contributed by atoms with Crippen molar-refractivity contribution in [1.82, 2.24) is 10.2 Å². The molecular weight excluding hydrogens is 298 g/mol. The molecule has 0 saturated carbocycles. The van der Waals surface area contributed by atoms with Crippen LogP contribution in [0.25, 0.3) is 0 Å². The van der Waals surface area contributed by atoms with Gasteiger partial charge in [-0.15, -0.1) is 0 Å². The molecular formula is C16H23N3O4. The SMILES string of the molecule is CCN(CC(=O)Nc1cccc(OC)c1)C(=O)C1COCCN1. The van der Waals surface area contributed by atoms with Crippen molar-refractivity contribution in [2.45, 2.75) is 13.0 Å². The van der Waals surface area contributed by atoms with E-state index < -0.39 is 0 Å². The summed E-state index contributed by atoms with van der Waals surface area (Å²) in [6.45, 7) is 3.90. The van der Waals surface area contributed by atoms with Gasteiger partial charge < -0.3 is 25.0 Å². The number of anilines is 1. The molecule has 2 amide bonds. The summed E-state index contributed by atoms with van der Waals surface area (Å²) in [6.07, 6.45) is 0. The first-order chi connectivity index (χ1) is 11.1. The lowest BCUT2D eigenvalue weighted by atomic mass is 10.2. The molecule has 1 saturated heterocycles. The lowest BCUT2D eigenvalue weighted by Gasteiger charge is -2.28. The summed E-state index contributed by atoms with van der Waals surface area (Å²) in [5.41, 5.74) is 0.636. The van der Waals surface area contributed by atoms with Gasteiger partial charge >= 0.3 is 0 Å². The Morgan fingerprint density at radius 1 is 1.48 bits per heavy atom. The van der Waals surface area contributed by atoms with E-state index in [1.54, 1.807) is 31.4 Å². The first kappa shape index (κ1) is 17.2. The fourth-order valence-corrected chi connectivity index (χ4v) is 2.36. The van der Waals surface area contributed by atoms with Crippen molar-refractivity contribution in [2.24, 2.45) is 0 Å². The molecule has 1 unspecified atom stereocenters. The van der Waals surface area contributed by atoms with Crippen LogP contribution in [0.3, 0.4) is 0 Å². The van der Waals surface area contributed by atoms with Crippen LogP contribution < -0.4 is 15.4 Å². The predicted molar refractivity (Wildman–Crippen MR) is 86.5 cm³/mol. The van der Waals surface area contributed by atoms with Crippen molar-refractivity contribution < 1.29 is 19.1 Å². The van der Waals surface area contributed by atoms with E-state index in [1.165, 1.54) is 4.90 Å². The van der Waals surface area contributed by atoms with Crippen molar-refractivity contribution in [1.29, 1.82) is 0 Å². The standard InChI is InChI=1S/C16H23N3O4/c1-3-19(16(21)14-11-23-8-7-17-14)10-15(20)18-12-5-4-6-13(9-12)22-2/h4-6,9,14,17H,3,7-8,10-11H2,1-2H3,(H,18,20). The normalized spacial score (nSPS) is 17.4. The minimum Gasteiger partial charge on any atom is -0.497 e. The second kappa shape index (κ2) is 8.50. The van der Waals surface area contributed by atoms with Crippen LogP contribution in [0.1, 0.15) is 6.92 Å². The van der Waals surface area contributed by atoms with Crippen LogP contribution in [-0.2, 0) is 14.3 Å². The topological polar surface area (TPSA) is 79.9 Å². The average molecular weight is 321 g/mol. The summed E-state index contributed by atoms with van der Waals surface area (Å²) in [7, 11) is 1.57. The molecule has 0 spiro atoms. The Morgan fingerprint density at radius 2 is 2.30 bits per heavy atom. The van der Waals surface area contributed by atoms with Gasteiger partial charge in [-0.3, -0.25) is 9.59 Å². The maximum absolute atomic E-state index is 12.4. The minimum absolute atomic E-state index is 0.00469. The van der Waals surface area contributed by atoms with E-state index >= 15 is 0 Å². The van der Waals surface area contributed by atoms with E-state index in [2.05, 4.69) is 10.6 Å². The highest BCUT2D eigenvalue weighted by Crippen LogP contribution is 2.16. The first-order valence-electron chi connectivity index (χ1n) is 7.68. The van der Waals surface area contributed by atoms with E-state index in [0.717, 1.165) is 0 Å². The molecule has 1 aromatic rings. The number of hydrogen-bond acceptors (Lipinski definition) is 5. The van der Waals surface area contributed by atoms with Gasteiger partial charge in [-0.05, 0) is 19.1 Å². The molecule has 7 nitrogen and oxygen atoms in total. The Hall–Kier alpha value is -2.12. The number of carbonyl (C=O) groups excluding carboxylic acids is 2. The summed E-state index contributed by atoms with van der Waals surface area (Å²) >= 11 is 0. The smallest absolute Gasteiger partial charge is 0.243 e. The van der Waals surface area contributed by atoms with Crippen molar-refractivity contribution >= 4 is 17.5 Å². The van der Waals surface area contributed by atoms with E-state index in [4.69, 9.17) is 9.47 Å². The molecule has 1 fully saturated rings. The predicted octanol–water partition coefficient (Wildman–Crippen LogP) is 0.471. The lowest BCUT2D eigenvalue weighted by Crippen LogP contribution is -2.53. The molecule has 1 aliphatic heterocycles. The van der Waals surface area contributed by atoms with Crippen LogP contribution in [0.4, 0.5) is 5.69 Å². The molecule has 2 N–H and O–H groups in total. The molecule has 23 heavy (non-hydrogen) atoms. The molecule has 2 rings (SSSR count). The first-order valence-corrected chi connectivity index (χ1v) is 7.68. The minimum atomic E-state index is -0.381. The van der Waals surface area contributed by atoms with Gasteiger partial charge in [0.05, 0.1) is 26.9 Å². The molecule has 1 atom stereocenters. The quantitative estimate of drug-likeness (QED) is 0.796. The van der Waals surface area contributed by atoms with Crippen LogP contribution >= 0.6 is 0 Å². The van der Waals surface area contributed by atoms with Crippen LogP contribution in [0, 0.1) is 0 Å². The van der Waals surface area contributed by atoms with E-state index in [-0.39, 0.29) is 24.4 Å². The second-order valence-electron chi connectivity index (χ2n) is 5.21.